The first-order valence-electron chi connectivity index (χ1n) is 23.9. The summed E-state index contributed by atoms with van der Waals surface area (Å²) in [7, 11) is -4.72. The van der Waals surface area contributed by atoms with Crippen LogP contribution in [0.15, 0.2) is 24.3 Å². The third kappa shape index (κ3) is 42.4. The van der Waals surface area contributed by atoms with Crippen LogP contribution in [0.25, 0.3) is 0 Å². The zero-order chi connectivity index (χ0) is 43.5. The van der Waals surface area contributed by atoms with Crippen molar-refractivity contribution in [1.82, 2.24) is 0 Å². The second kappa shape index (κ2) is 42.6. The lowest BCUT2D eigenvalue weighted by Crippen LogP contribution is -2.34. The number of allylic oxidation sites excluding steroid dienone is 4. The number of carbonyl (C=O) groups is 3. The second-order valence-electron chi connectivity index (χ2n) is 16.2. The lowest BCUT2D eigenvalue weighted by atomic mass is 10.0. The maximum atomic E-state index is 12.7. The van der Waals surface area contributed by atoms with Crippen LogP contribution < -0.4 is 5.73 Å². The summed E-state index contributed by atoms with van der Waals surface area (Å²) in [5.41, 5.74) is 5.34. The largest absolute Gasteiger partial charge is 0.480 e. The highest BCUT2D eigenvalue weighted by Crippen LogP contribution is 2.43. The average molecular weight is 858 g/mol. The van der Waals surface area contributed by atoms with Gasteiger partial charge in [0.15, 0.2) is 6.10 Å². The van der Waals surface area contributed by atoms with E-state index in [-0.39, 0.29) is 19.4 Å². The molecule has 0 fully saturated rings. The van der Waals surface area contributed by atoms with Crippen molar-refractivity contribution in [2.45, 2.75) is 238 Å². The van der Waals surface area contributed by atoms with Gasteiger partial charge in [0.05, 0.1) is 13.2 Å². The Bertz CT molecular complexity index is 1100. The van der Waals surface area contributed by atoms with Gasteiger partial charge >= 0.3 is 25.7 Å². The van der Waals surface area contributed by atoms with Crippen molar-refractivity contribution < 1.29 is 47.5 Å². The lowest BCUT2D eigenvalue weighted by molar-refractivity contribution is -0.161. The normalized spacial score (nSPS) is 13.8. The molecule has 0 aromatic carbocycles. The standard InChI is InChI=1S/C47H88NO10P/c1-3-5-7-9-11-13-15-17-19-20-21-22-23-24-25-27-29-31-33-35-37-39-46(50)58-43(41-56-59(53,54)57-42-44(48)47(51)52)40-55-45(49)38-36-34-32-30-28-26-18-16-14-12-10-8-6-4-2/h15,17,20-21,43-44H,3-14,16,18-19,22-42,48H2,1-2H3,(H,51,52)(H,53,54)/b17-15-,21-20-. The molecule has 0 aromatic heterocycles. The highest BCUT2D eigenvalue weighted by Gasteiger charge is 2.28. The fraction of sp³-hybridized carbons (Fsp3) is 0.851. The fourth-order valence-corrected chi connectivity index (χ4v) is 7.46. The molecule has 11 nitrogen and oxygen atoms in total. The van der Waals surface area contributed by atoms with Gasteiger partial charge in [0.2, 0.25) is 0 Å². The maximum absolute atomic E-state index is 12.7. The van der Waals surface area contributed by atoms with Crippen molar-refractivity contribution in [1.29, 1.82) is 0 Å². The second-order valence-corrected chi connectivity index (χ2v) is 17.7. The number of nitrogens with two attached hydrogens (primary N) is 1. The number of rotatable bonds is 45. The molecule has 0 amide bonds. The number of carboxylic acids is 1. The Morgan fingerprint density at radius 3 is 1.32 bits per heavy atom. The van der Waals surface area contributed by atoms with E-state index >= 15 is 0 Å². The highest BCUT2D eigenvalue weighted by atomic mass is 31.2. The number of esters is 2. The molecular formula is C47H88NO10P. The first-order chi connectivity index (χ1) is 28.6. The number of hydrogen-bond donors (Lipinski definition) is 3. The predicted octanol–water partition coefficient (Wildman–Crippen LogP) is 13.0. The lowest BCUT2D eigenvalue weighted by Gasteiger charge is -2.20. The van der Waals surface area contributed by atoms with Crippen LogP contribution in [-0.4, -0.2) is 59.9 Å². The number of unbranched alkanes of at least 4 members (excludes halogenated alkanes) is 27. The maximum Gasteiger partial charge on any atom is 0.472 e. The Morgan fingerprint density at radius 1 is 0.525 bits per heavy atom. The summed E-state index contributed by atoms with van der Waals surface area (Å²) in [5, 5.41) is 8.90. The number of ether oxygens (including phenoxy) is 2. The fourth-order valence-electron chi connectivity index (χ4n) is 6.68. The summed E-state index contributed by atoms with van der Waals surface area (Å²) in [4.78, 5) is 46.0. The van der Waals surface area contributed by atoms with Crippen molar-refractivity contribution in [3.63, 3.8) is 0 Å². The number of hydrogen-bond acceptors (Lipinski definition) is 9. The molecule has 4 N–H and O–H groups in total. The van der Waals surface area contributed by atoms with Crippen molar-refractivity contribution in [2.24, 2.45) is 5.73 Å². The summed E-state index contributed by atoms with van der Waals surface area (Å²) in [6.07, 6.45) is 45.2. The number of carbonyl (C=O) groups excluding carboxylic acids is 2. The quantitative estimate of drug-likeness (QED) is 0.0230. The van der Waals surface area contributed by atoms with Gasteiger partial charge < -0.3 is 25.2 Å². The van der Waals surface area contributed by atoms with Gasteiger partial charge in [-0.25, -0.2) is 4.57 Å². The first-order valence-corrected chi connectivity index (χ1v) is 25.4. The average Bonchev–Trinajstić information content (AvgIpc) is 3.21. The summed E-state index contributed by atoms with van der Waals surface area (Å²) in [6, 6.07) is -1.52. The third-order valence-electron chi connectivity index (χ3n) is 10.5. The molecule has 0 bridgehead atoms. The van der Waals surface area contributed by atoms with E-state index in [0.29, 0.717) is 12.8 Å². The van der Waals surface area contributed by atoms with E-state index in [9.17, 15) is 23.8 Å². The van der Waals surface area contributed by atoms with Crippen LogP contribution in [0.2, 0.25) is 0 Å². The molecule has 0 aliphatic carbocycles. The summed E-state index contributed by atoms with van der Waals surface area (Å²) >= 11 is 0. The summed E-state index contributed by atoms with van der Waals surface area (Å²) in [6.45, 7) is 2.82. The van der Waals surface area contributed by atoms with Crippen molar-refractivity contribution in [3.05, 3.63) is 24.3 Å². The molecule has 0 spiro atoms. The minimum Gasteiger partial charge on any atom is -0.480 e. The molecule has 0 aliphatic rings. The Labute approximate surface area is 360 Å². The number of aliphatic carboxylic acids is 1. The van der Waals surface area contributed by atoms with Crippen LogP contribution >= 0.6 is 7.82 Å². The van der Waals surface area contributed by atoms with Gasteiger partial charge in [-0.05, 0) is 44.9 Å². The smallest absolute Gasteiger partial charge is 0.472 e. The van der Waals surface area contributed by atoms with E-state index in [0.717, 1.165) is 51.4 Å². The van der Waals surface area contributed by atoms with Crippen LogP contribution in [-0.2, 0) is 37.5 Å². The van der Waals surface area contributed by atoms with Crippen molar-refractivity contribution in [3.8, 4) is 0 Å². The molecule has 0 aromatic rings. The topological polar surface area (TPSA) is 172 Å². The molecule has 3 unspecified atom stereocenters. The van der Waals surface area contributed by atoms with E-state index in [4.69, 9.17) is 24.8 Å². The van der Waals surface area contributed by atoms with Crippen LogP contribution in [0.5, 0.6) is 0 Å². The van der Waals surface area contributed by atoms with Crippen LogP contribution in [0.3, 0.4) is 0 Å². The highest BCUT2D eigenvalue weighted by molar-refractivity contribution is 7.47. The first kappa shape index (κ1) is 57.0. The number of phosphoric ester groups is 1. The number of carboxylic acid groups (broad SMARTS) is 1. The molecule has 0 aliphatic heterocycles. The van der Waals surface area contributed by atoms with Crippen LogP contribution in [0, 0.1) is 0 Å². The van der Waals surface area contributed by atoms with Crippen LogP contribution in [0.4, 0.5) is 0 Å². The summed E-state index contributed by atoms with van der Waals surface area (Å²) < 4.78 is 32.8. The predicted molar refractivity (Wildman–Crippen MR) is 240 cm³/mol. The molecule has 0 radical (unpaired) electrons. The van der Waals surface area contributed by atoms with Gasteiger partial charge in [-0.2, -0.15) is 0 Å². The molecular weight excluding hydrogens is 769 g/mol. The molecule has 0 rings (SSSR count). The monoisotopic (exact) mass is 858 g/mol. The van der Waals surface area contributed by atoms with Crippen molar-refractivity contribution >= 4 is 25.7 Å². The minimum absolute atomic E-state index is 0.159. The molecule has 0 saturated heterocycles. The Morgan fingerprint density at radius 2 is 0.898 bits per heavy atom. The summed E-state index contributed by atoms with van der Waals surface area (Å²) in [5.74, 6) is -2.37. The zero-order valence-electron chi connectivity index (χ0n) is 37.6. The van der Waals surface area contributed by atoms with E-state index in [1.165, 1.54) is 135 Å². The van der Waals surface area contributed by atoms with Gasteiger partial charge in [0.1, 0.15) is 12.6 Å². The van der Waals surface area contributed by atoms with E-state index < -0.39 is 51.1 Å². The third-order valence-corrected chi connectivity index (χ3v) is 11.4. The Balaban J connectivity index is 4.27. The molecule has 12 heteroatoms. The van der Waals surface area contributed by atoms with Gasteiger partial charge in [0, 0.05) is 12.8 Å². The Hall–Kier alpha value is -2.04. The molecule has 59 heavy (non-hydrogen) atoms. The molecule has 0 heterocycles. The molecule has 3 atom stereocenters. The molecule has 0 saturated carbocycles. The SMILES string of the molecule is CCCCCCC/C=C\C/C=C\CCCCCCCCCCCC(=O)OC(COC(=O)CCCCCCCCCCCCCCCC)COP(=O)(O)OCC(N)C(=O)O. The van der Waals surface area contributed by atoms with E-state index in [1.54, 1.807) is 0 Å². The van der Waals surface area contributed by atoms with Crippen molar-refractivity contribution in [2.75, 3.05) is 19.8 Å². The van der Waals surface area contributed by atoms with E-state index in [2.05, 4.69) is 42.7 Å². The van der Waals surface area contributed by atoms with Gasteiger partial charge in [-0.1, -0.05) is 192 Å². The van der Waals surface area contributed by atoms with Gasteiger partial charge in [0.25, 0.3) is 0 Å². The number of phosphoric acid groups is 1. The Kier molecular flexibility index (Phi) is 41.2. The molecule has 346 valence electrons. The van der Waals surface area contributed by atoms with E-state index in [1.807, 2.05) is 0 Å². The minimum atomic E-state index is -4.72. The van der Waals surface area contributed by atoms with Gasteiger partial charge in [-0.15, -0.1) is 0 Å². The zero-order valence-corrected chi connectivity index (χ0v) is 38.5. The van der Waals surface area contributed by atoms with Gasteiger partial charge in [-0.3, -0.25) is 23.4 Å². The van der Waals surface area contributed by atoms with Crippen LogP contribution in [0.1, 0.15) is 226 Å².